The largest absolute Gasteiger partial charge is 0.490 e. The fourth-order valence-corrected chi connectivity index (χ4v) is 1.96. The van der Waals surface area contributed by atoms with Crippen molar-refractivity contribution in [3.63, 3.8) is 0 Å². The van der Waals surface area contributed by atoms with Crippen molar-refractivity contribution in [1.82, 2.24) is 0 Å². The van der Waals surface area contributed by atoms with Crippen molar-refractivity contribution in [2.45, 2.75) is 18.3 Å². The lowest BCUT2D eigenvalue weighted by molar-refractivity contribution is -0.261. The standard InChI is InChI=1S/C19H22O15/c1-30-16-13(31-17(27)10(23)6-20)4-2-9(15(16)32-18(28)11(24)7-21)3-5-14(26)33-34-19(29)12(25)8-22/h2-5,10-12,20-25H,6-8H2,1H3. The van der Waals surface area contributed by atoms with Gasteiger partial charge in [-0.15, -0.1) is 0 Å². The molecule has 0 saturated carbocycles. The molecule has 188 valence electrons. The van der Waals surface area contributed by atoms with E-state index in [1.54, 1.807) is 0 Å². The van der Waals surface area contributed by atoms with E-state index in [0.29, 0.717) is 6.08 Å². The minimum absolute atomic E-state index is 0.114. The second-order valence-electron chi connectivity index (χ2n) is 6.09. The molecular weight excluding hydrogens is 468 g/mol. The van der Waals surface area contributed by atoms with Crippen molar-refractivity contribution in [3.05, 3.63) is 23.8 Å². The molecule has 0 fully saturated rings. The summed E-state index contributed by atoms with van der Waals surface area (Å²) in [6, 6.07) is 2.24. The summed E-state index contributed by atoms with van der Waals surface area (Å²) in [5, 5.41) is 54.3. The van der Waals surface area contributed by atoms with E-state index >= 15 is 0 Å². The van der Waals surface area contributed by atoms with E-state index < -0.39 is 79.3 Å². The molecule has 0 bridgehead atoms. The van der Waals surface area contributed by atoms with Gasteiger partial charge >= 0.3 is 23.9 Å². The first kappa shape index (κ1) is 28.4. The predicted octanol–water partition coefficient (Wildman–Crippen LogP) is -3.42. The van der Waals surface area contributed by atoms with Gasteiger partial charge in [0.1, 0.15) is 0 Å². The second-order valence-corrected chi connectivity index (χ2v) is 6.09. The molecule has 1 rings (SSSR count). The SMILES string of the molecule is COc1c(OC(=O)C(O)CO)ccc(C=CC(=O)OOC(=O)C(O)CO)c1OC(=O)C(O)CO. The van der Waals surface area contributed by atoms with Crippen LogP contribution in [0.1, 0.15) is 5.56 Å². The van der Waals surface area contributed by atoms with Gasteiger partial charge in [-0.25, -0.2) is 29.0 Å². The third kappa shape index (κ3) is 8.07. The van der Waals surface area contributed by atoms with Gasteiger partial charge in [-0.1, -0.05) is 0 Å². The van der Waals surface area contributed by atoms with Crippen molar-refractivity contribution in [3.8, 4) is 17.2 Å². The summed E-state index contributed by atoms with van der Waals surface area (Å²) >= 11 is 0. The van der Waals surface area contributed by atoms with E-state index in [1.165, 1.54) is 0 Å². The highest BCUT2D eigenvalue weighted by molar-refractivity contribution is 5.89. The maximum absolute atomic E-state index is 12.0. The number of methoxy groups -OCH3 is 1. The monoisotopic (exact) mass is 490 g/mol. The highest BCUT2D eigenvalue weighted by Crippen LogP contribution is 2.41. The van der Waals surface area contributed by atoms with Gasteiger partial charge < -0.3 is 44.8 Å². The first-order valence-corrected chi connectivity index (χ1v) is 9.21. The number of hydrogen-bond acceptors (Lipinski definition) is 15. The lowest BCUT2D eigenvalue weighted by atomic mass is 10.1. The molecule has 0 aliphatic rings. The molecule has 1 aromatic rings. The average molecular weight is 490 g/mol. The highest BCUT2D eigenvalue weighted by atomic mass is 17.2. The van der Waals surface area contributed by atoms with E-state index in [2.05, 4.69) is 9.78 Å². The molecule has 0 aliphatic carbocycles. The number of aliphatic hydroxyl groups is 6. The smallest absolute Gasteiger partial charge is 0.386 e. The molecule has 3 unspecified atom stereocenters. The minimum atomic E-state index is -1.97. The van der Waals surface area contributed by atoms with Crippen molar-refractivity contribution >= 4 is 30.0 Å². The van der Waals surface area contributed by atoms with Crippen LogP contribution in [0.4, 0.5) is 0 Å². The van der Waals surface area contributed by atoms with Gasteiger partial charge in [-0.05, 0) is 18.2 Å². The van der Waals surface area contributed by atoms with Crippen molar-refractivity contribution < 1.29 is 73.8 Å². The predicted molar refractivity (Wildman–Crippen MR) is 105 cm³/mol. The quantitative estimate of drug-likeness (QED) is 0.0582. The lowest BCUT2D eigenvalue weighted by Gasteiger charge is -2.17. The second kappa shape index (κ2) is 13.8. The molecule has 3 atom stereocenters. The normalized spacial score (nSPS) is 13.5. The number of aliphatic hydroxyl groups excluding tert-OH is 6. The summed E-state index contributed by atoms with van der Waals surface area (Å²) in [7, 11) is 1.07. The van der Waals surface area contributed by atoms with E-state index in [1.807, 2.05) is 0 Å². The molecule has 0 saturated heterocycles. The summed E-state index contributed by atoms with van der Waals surface area (Å²) in [4.78, 5) is 54.8. The number of carbonyl (C=O) groups is 4. The van der Waals surface area contributed by atoms with Crippen molar-refractivity contribution in [2.75, 3.05) is 26.9 Å². The molecule has 34 heavy (non-hydrogen) atoms. The van der Waals surface area contributed by atoms with Gasteiger partial charge in [0.15, 0.2) is 29.8 Å². The molecule has 0 spiro atoms. The molecule has 15 nitrogen and oxygen atoms in total. The molecule has 0 amide bonds. The third-order valence-corrected chi connectivity index (χ3v) is 3.66. The van der Waals surface area contributed by atoms with Crippen LogP contribution in [0.15, 0.2) is 18.2 Å². The Balaban J connectivity index is 3.26. The van der Waals surface area contributed by atoms with Crippen LogP contribution in [-0.2, 0) is 29.0 Å². The van der Waals surface area contributed by atoms with Crippen LogP contribution < -0.4 is 14.2 Å². The van der Waals surface area contributed by atoms with Crippen LogP contribution in [0.5, 0.6) is 17.2 Å². The number of rotatable bonds is 11. The number of ether oxygens (including phenoxy) is 3. The number of hydrogen-bond donors (Lipinski definition) is 6. The van der Waals surface area contributed by atoms with E-state index in [4.69, 9.17) is 34.6 Å². The topological polar surface area (TPSA) is 236 Å². The first-order valence-electron chi connectivity index (χ1n) is 9.21. The maximum Gasteiger partial charge on any atom is 0.386 e. The van der Waals surface area contributed by atoms with Crippen LogP contribution in [0.25, 0.3) is 6.08 Å². The van der Waals surface area contributed by atoms with Crippen molar-refractivity contribution in [1.29, 1.82) is 0 Å². The molecule has 6 N–H and O–H groups in total. The van der Waals surface area contributed by atoms with Crippen LogP contribution in [0, 0.1) is 0 Å². The Kier molecular flexibility index (Phi) is 11.6. The number of esters is 2. The third-order valence-electron chi connectivity index (χ3n) is 3.66. The molecule has 1 aromatic carbocycles. The van der Waals surface area contributed by atoms with Crippen LogP contribution >= 0.6 is 0 Å². The maximum atomic E-state index is 12.0. The summed E-state index contributed by atoms with van der Waals surface area (Å²) in [6.07, 6.45) is -4.17. The molecular formula is C19H22O15. The fourth-order valence-electron chi connectivity index (χ4n) is 1.96. The fraction of sp³-hybridized carbons (Fsp3) is 0.368. The molecule has 0 aliphatic heterocycles. The summed E-state index contributed by atoms with van der Waals surface area (Å²) in [6.45, 7) is -2.93. The molecule has 0 aromatic heterocycles. The number of benzene rings is 1. The van der Waals surface area contributed by atoms with Gasteiger partial charge in [0, 0.05) is 11.6 Å². The van der Waals surface area contributed by atoms with Crippen molar-refractivity contribution in [2.24, 2.45) is 0 Å². The van der Waals surface area contributed by atoms with Gasteiger partial charge in [0.05, 0.1) is 26.9 Å². The zero-order valence-corrected chi connectivity index (χ0v) is 17.5. The van der Waals surface area contributed by atoms with E-state index in [9.17, 15) is 29.4 Å². The Labute approximate surface area is 190 Å². The van der Waals surface area contributed by atoms with Gasteiger partial charge in [-0.2, -0.15) is 0 Å². The van der Waals surface area contributed by atoms with Crippen LogP contribution in [0.2, 0.25) is 0 Å². The number of carbonyl (C=O) groups excluding carboxylic acids is 4. The van der Waals surface area contributed by atoms with E-state index in [-0.39, 0.29) is 5.56 Å². The molecule has 15 heteroatoms. The summed E-state index contributed by atoms with van der Waals surface area (Å²) in [5.74, 6) is -6.71. The Morgan fingerprint density at radius 1 is 0.794 bits per heavy atom. The van der Waals surface area contributed by atoms with Gasteiger partial charge in [0.25, 0.3) is 0 Å². The molecule has 0 heterocycles. The summed E-state index contributed by atoms with van der Waals surface area (Å²) < 4.78 is 14.9. The van der Waals surface area contributed by atoms with Crippen LogP contribution in [0.3, 0.4) is 0 Å². The molecule has 0 radical (unpaired) electrons. The van der Waals surface area contributed by atoms with Gasteiger partial charge in [-0.3, -0.25) is 0 Å². The lowest BCUT2D eigenvalue weighted by Crippen LogP contribution is -2.30. The Morgan fingerprint density at radius 3 is 1.85 bits per heavy atom. The van der Waals surface area contributed by atoms with Crippen LogP contribution in [-0.4, -0.2) is 99.8 Å². The zero-order chi connectivity index (χ0) is 25.8. The minimum Gasteiger partial charge on any atom is -0.490 e. The summed E-state index contributed by atoms with van der Waals surface area (Å²) in [5.41, 5.74) is -0.114. The Morgan fingerprint density at radius 2 is 1.32 bits per heavy atom. The highest BCUT2D eigenvalue weighted by Gasteiger charge is 2.26. The Bertz CT molecular complexity index is 909. The van der Waals surface area contributed by atoms with E-state index in [0.717, 1.165) is 25.3 Å². The Hall–Kier alpha value is -3.60. The zero-order valence-electron chi connectivity index (χ0n) is 17.5. The first-order chi connectivity index (χ1) is 16.1. The average Bonchev–Trinajstić information content (AvgIpc) is 2.84. The van der Waals surface area contributed by atoms with Gasteiger partial charge in [0.2, 0.25) is 5.75 Å².